The number of piperazine rings is 1. The van der Waals surface area contributed by atoms with Gasteiger partial charge in [0.15, 0.2) is 0 Å². The van der Waals surface area contributed by atoms with Crippen LogP contribution in [0.2, 0.25) is 0 Å². The van der Waals surface area contributed by atoms with Crippen molar-refractivity contribution in [2.24, 2.45) is 5.73 Å². The minimum Gasteiger partial charge on any atom is -0.495 e. The van der Waals surface area contributed by atoms with Crippen molar-refractivity contribution in [2.75, 3.05) is 40.3 Å². The molecule has 1 aromatic heterocycles. The van der Waals surface area contributed by atoms with Crippen LogP contribution >= 0.6 is 0 Å². The molecule has 1 aliphatic heterocycles. The van der Waals surface area contributed by atoms with Crippen LogP contribution in [0, 0.1) is 0 Å². The molecular weight excluding hydrogens is 320 g/mol. The fourth-order valence-electron chi connectivity index (χ4n) is 3.14. The Labute approximate surface area is 146 Å². The molecule has 0 atom stereocenters. The summed E-state index contributed by atoms with van der Waals surface area (Å²) in [7, 11) is 3.52. The molecule has 1 aromatic carbocycles. The topological polar surface area (TPSA) is 88.8 Å². The van der Waals surface area contributed by atoms with Crippen molar-refractivity contribution >= 4 is 22.7 Å². The van der Waals surface area contributed by atoms with Crippen LogP contribution in [0.1, 0.15) is 16.1 Å². The number of hydrogen-bond donors (Lipinski definition) is 1. The van der Waals surface area contributed by atoms with E-state index in [4.69, 9.17) is 10.5 Å². The van der Waals surface area contributed by atoms with E-state index in [2.05, 4.69) is 9.88 Å². The number of nitrogens with two attached hydrogens (primary N) is 1. The van der Waals surface area contributed by atoms with Crippen molar-refractivity contribution in [3.8, 4) is 5.75 Å². The number of methoxy groups -OCH3 is 1. The number of nitrogens with zero attached hydrogens (tertiary/aromatic N) is 3. The maximum absolute atomic E-state index is 12.7. The quantitative estimate of drug-likeness (QED) is 0.882. The van der Waals surface area contributed by atoms with Crippen LogP contribution < -0.4 is 10.5 Å². The lowest BCUT2D eigenvalue weighted by Crippen LogP contribution is -2.47. The smallest absolute Gasteiger partial charge is 0.254 e. The van der Waals surface area contributed by atoms with Gasteiger partial charge >= 0.3 is 0 Å². The number of rotatable bonds is 4. The maximum Gasteiger partial charge on any atom is 0.254 e. The normalized spacial score (nSPS) is 15.4. The van der Waals surface area contributed by atoms with Crippen molar-refractivity contribution in [1.29, 1.82) is 0 Å². The lowest BCUT2D eigenvalue weighted by molar-refractivity contribution is -0.132. The standard InChI is InChI=1S/C18H22N4O3/c1-21-7-9-22(10-8-21)15(23)11-14-16(18(19)24)17(25-2)12-5-3-4-6-13(12)20-14/h3-6H,7-11H2,1-2H3,(H2,19,24). The van der Waals surface area contributed by atoms with Gasteiger partial charge in [0.2, 0.25) is 5.91 Å². The molecule has 1 fully saturated rings. The molecule has 2 aromatic rings. The van der Waals surface area contributed by atoms with Crippen LogP contribution in [0.15, 0.2) is 24.3 Å². The van der Waals surface area contributed by atoms with Crippen LogP contribution in [0.3, 0.4) is 0 Å². The number of pyridine rings is 1. The number of benzene rings is 1. The highest BCUT2D eigenvalue weighted by molar-refractivity contribution is 6.03. The monoisotopic (exact) mass is 342 g/mol. The first kappa shape index (κ1) is 17.2. The molecule has 2 N–H and O–H groups in total. The lowest BCUT2D eigenvalue weighted by atomic mass is 10.0. The molecule has 1 aliphatic rings. The van der Waals surface area contributed by atoms with Gasteiger partial charge in [-0.05, 0) is 19.2 Å². The molecule has 3 rings (SSSR count). The second kappa shape index (κ2) is 7.06. The molecule has 0 bridgehead atoms. The molecule has 132 valence electrons. The average Bonchev–Trinajstić information content (AvgIpc) is 2.60. The minimum atomic E-state index is -0.642. The Bertz CT molecular complexity index is 813. The Balaban J connectivity index is 1.98. The number of primary amides is 1. The summed E-state index contributed by atoms with van der Waals surface area (Å²) >= 11 is 0. The molecule has 0 aliphatic carbocycles. The van der Waals surface area contributed by atoms with Gasteiger partial charge in [0.1, 0.15) is 11.3 Å². The molecule has 0 saturated carbocycles. The number of amides is 2. The molecule has 0 unspecified atom stereocenters. The molecule has 7 heteroatoms. The number of ether oxygens (including phenoxy) is 1. The molecule has 0 radical (unpaired) electrons. The number of aromatic nitrogens is 1. The number of carbonyl (C=O) groups excluding carboxylic acids is 2. The average molecular weight is 342 g/mol. The van der Waals surface area contributed by atoms with Gasteiger partial charge in [0, 0.05) is 31.6 Å². The molecule has 2 heterocycles. The second-order valence-corrected chi connectivity index (χ2v) is 6.21. The van der Waals surface area contributed by atoms with Crippen LogP contribution in [-0.2, 0) is 11.2 Å². The van der Waals surface area contributed by atoms with Crippen LogP contribution in [0.5, 0.6) is 5.75 Å². The highest BCUT2D eigenvalue weighted by Crippen LogP contribution is 2.30. The van der Waals surface area contributed by atoms with Crippen LogP contribution in [-0.4, -0.2) is 66.9 Å². The zero-order valence-electron chi connectivity index (χ0n) is 14.5. The van der Waals surface area contributed by atoms with E-state index < -0.39 is 5.91 Å². The fraction of sp³-hybridized carbons (Fsp3) is 0.389. The van der Waals surface area contributed by atoms with Gasteiger partial charge in [-0.25, -0.2) is 0 Å². The zero-order valence-corrected chi connectivity index (χ0v) is 14.5. The minimum absolute atomic E-state index is 0.0309. The van der Waals surface area contributed by atoms with Gasteiger partial charge in [-0.15, -0.1) is 0 Å². The van der Waals surface area contributed by atoms with Crippen molar-refractivity contribution < 1.29 is 14.3 Å². The number of hydrogen-bond acceptors (Lipinski definition) is 5. The second-order valence-electron chi connectivity index (χ2n) is 6.21. The predicted octanol–water partition coefficient (Wildman–Crippen LogP) is 0.659. The summed E-state index contributed by atoms with van der Waals surface area (Å²) in [6, 6.07) is 7.34. The summed E-state index contributed by atoms with van der Waals surface area (Å²) in [4.78, 5) is 33.2. The van der Waals surface area contributed by atoms with Gasteiger partial charge in [-0.3, -0.25) is 14.6 Å². The number of carbonyl (C=O) groups is 2. The Morgan fingerprint density at radius 1 is 1.20 bits per heavy atom. The molecule has 25 heavy (non-hydrogen) atoms. The van der Waals surface area contributed by atoms with Crippen LogP contribution in [0.25, 0.3) is 10.9 Å². The highest BCUT2D eigenvalue weighted by Gasteiger charge is 2.25. The number of fused-ring (bicyclic) bond motifs is 1. The first-order valence-corrected chi connectivity index (χ1v) is 8.23. The van der Waals surface area contributed by atoms with Gasteiger partial charge in [-0.2, -0.15) is 0 Å². The first-order valence-electron chi connectivity index (χ1n) is 8.23. The number of likely N-dealkylation sites (N-methyl/N-ethyl adjacent to an activating group) is 1. The summed E-state index contributed by atoms with van der Waals surface area (Å²) in [5, 5.41) is 0.703. The van der Waals surface area contributed by atoms with Gasteiger partial charge < -0.3 is 20.3 Å². The molecule has 0 spiro atoms. The Morgan fingerprint density at radius 3 is 2.52 bits per heavy atom. The van der Waals surface area contributed by atoms with Gasteiger partial charge in [-0.1, -0.05) is 12.1 Å². The van der Waals surface area contributed by atoms with E-state index in [1.54, 1.807) is 4.90 Å². The van der Waals surface area contributed by atoms with Gasteiger partial charge in [0.05, 0.1) is 24.7 Å². The van der Waals surface area contributed by atoms with E-state index in [1.807, 2.05) is 31.3 Å². The molecule has 1 saturated heterocycles. The molecule has 2 amide bonds. The SMILES string of the molecule is COc1c(C(N)=O)c(CC(=O)N2CCN(C)CC2)nc2ccccc12. The molecule has 7 nitrogen and oxygen atoms in total. The summed E-state index contributed by atoms with van der Waals surface area (Å²) in [5.41, 5.74) is 6.79. The van der Waals surface area contributed by atoms with E-state index in [0.29, 0.717) is 35.4 Å². The lowest BCUT2D eigenvalue weighted by Gasteiger charge is -2.32. The fourth-order valence-corrected chi connectivity index (χ4v) is 3.14. The van der Waals surface area contributed by atoms with Crippen molar-refractivity contribution in [2.45, 2.75) is 6.42 Å². The third kappa shape index (κ3) is 3.41. The maximum atomic E-state index is 12.7. The summed E-state index contributed by atoms with van der Waals surface area (Å²) in [6.07, 6.45) is 0.0309. The number of para-hydroxylation sites is 1. The van der Waals surface area contributed by atoms with Crippen LogP contribution in [0.4, 0.5) is 0 Å². The highest BCUT2D eigenvalue weighted by atomic mass is 16.5. The van der Waals surface area contributed by atoms with E-state index in [-0.39, 0.29) is 17.9 Å². The summed E-state index contributed by atoms with van der Waals surface area (Å²) < 4.78 is 5.43. The van der Waals surface area contributed by atoms with Crippen molar-refractivity contribution in [3.05, 3.63) is 35.5 Å². The molecular formula is C18H22N4O3. The zero-order chi connectivity index (χ0) is 18.0. The summed E-state index contributed by atoms with van der Waals surface area (Å²) in [5.74, 6) is -0.323. The van der Waals surface area contributed by atoms with Crippen molar-refractivity contribution in [1.82, 2.24) is 14.8 Å². The largest absolute Gasteiger partial charge is 0.495 e. The Hall–Kier alpha value is -2.67. The summed E-state index contributed by atoms with van der Waals surface area (Å²) in [6.45, 7) is 3.02. The van der Waals surface area contributed by atoms with E-state index >= 15 is 0 Å². The predicted molar refractivity (Wildman–Crippen MR) is 94.6 cm³/mol. The Kier molecular flexibility index (Phi) is 4.85. The first-order chi connectivity index (χ1) is 12.0. The van der Waals surface area contributed by atoms with Gasteiger partial charge in [0.25, 0.3) is 5.91 Å². The third-order valence-electron chi connectivity index (χ3n) is 4.54. The van der Waals surface area contributed by atoms with Crippen molar-refractivity contribution in [3.63, 3.8) is 0 Å². The Morgan fingerprint density at radius 2 is 1.88 bits per heavy atom. The third-order valence-corrected chi connectivity index (χ3v) is 4.54. The van der Waals surface area contributed by atoms with E-state index in [0.717, 1.165) is 13.1 Å². The van der Waals surface area contributed by atoms with E-state index in [1.165, 1.54) is 7.11 Å². The van der Waals surface area contributed by atoms with E-state index in [9.17, 15) is 9.59 Å².